The van der Waals surface area contributed by atoms with Gasteiger partial charge in [-0.05, 0) is 12.5 Å². The lowest BCUT2D eigenvalue weighted by Gasteiger charge is -2.15. The van der Waals surface area contributed by atoms with Gasteiger partial charge in [-0.25, -0.2) is 0 Å². The fourth-order valence-corrected chi connectivity index (χ4v) is 1.17. The number of allylic oxidation sites excluding steroid dienone is 4. The monoisotopic (exact) mass is 198 g/mol. The van der Waals surface area contributed by atoms with E-state index in [9.17, 15) is 5.11 Å². The Balaban J connectivity index is 3.47. The second-order valence-electron chi connectivity index (χ2n) is 2.80. The summed E-state index contributed by atoms with van der Waals surface area (Å²) in [5.41, 5.74) is 0.517. The van der Waals surface area contributed by atoms with Crippen molar-refractivity contribution in [2.24, 2.45) is 0 Å². The molecule has 0 saturated carbocycles. The van der Waals surface area contributed by atoms with E-state index in [1.54, 1.807) is 19.1 Å². The molecule has 1 aliphatic heterocycles. The Labute approximate surface area is 86.5 Å². The Kier molecular flexibility index (Phi) is 2.76. The maximum absolute atomic E-state index is 9.26. The van der Waals surface area contributed by atoms with E-state index < -0.39 is 0 Å². The summed E-state index contributed by atoms with van der Waals surface area (Å²) >= 11 is 0. The Bertz CT molecular complexity index is 501. The van der Waals surface area contributed by atoms with Crippen molar-refractivity contribution in [3.63, 3.8) is 0 Å². The van der Waals surface area contributed by atoms with Crippen LogP contribution in [0.15, 0.2) is 34.4 Å². The predicted octanol–water partition coefficient (Wildman–Crippen LogP) is 1.13. The molecule has 1 aliphatic rings. The van der Waals surface area contributed by atoms with Crippen LogP contribution in [0.1, 0.15) is 6.92 Å². The van der Waals surface area contributed by atoms with Crippen molar-refractivity contribution in [2.45, 2.75) is 6.92 Å². The van der Waals surface area contributed by atoms with Gasteiger partial charge in [-0.2, -0.15) is 15.8 Å². The van der Waals surface area contributed by atoms with Crippen molar-refractivity contribution in [2.75, 3.05) is 0 Å². The SMILES string of the molecule is CC1=C(C#N)C(=C(C#N)C#N)NC(O)=C1. The van der Waals surface area contributed by atoms with Gasteiger partial charge in [-0.15, -0.1) is 0 Å². The normalized spacial score (nSPS) is 14.3. The summed E-state index contributed by atoms with van der Waals surface area (Å²) < 4.78 is 0. The molecular formula is C10H6N4O. The zero-order valence-corrected chi connectivity index (χ0v) is 7.87. The second kappa shape index (κ2) is 4.00. The summed E-state index contributed by atoms with van der Waals surface area (Å²) in [5, 5.41) is 37.8. The Morgan fingerprint density at radius 1 is 1.33 bits per heavy atom. The zero-order valence-electron chi connectivity index (χ0n) is 7.87. The minimum Gasteiger partial charge on any atom is -0.495 e. The first-order valence-corrected chi connectivity index (χ1v) is 3.97. The summed E-state index contributed by atoms with van der Waals surface area (Å²) in [5.74, 6) is -0.190. The number of rotatable bonds is 0. The number of hydrogen-bond acceptors (Lipinski definition) is 5. The van der Waals surface area contributed by atoms with Crippen LogP contribution in [0.4, 0.5) is 0 Å². The highest BCUT2D eigenvalue weighted by Crippen LogP contribution is 2.21. The van der Waals surface area contributed by atoms with Crippen molar-refractivity contribution in [1.82, 2.24) is 5.32 Å². The van der Waals surface area contributed by atoms with E-state index in [4.69, 9.17) is 15.8 Å². The van der Waals surface area contributed by atoms with E-state index >= 15 is 0 Å². The number of aliphatic hydroxyl groups excluding tert-OH is 1. The molecule has 72 valence electrons. The van der Waals surface area contributed by atoms with Crippen molar-refractivity contribution in [1.29, 1.82) is 15.8 Å². The molecular weight excluding hydrogens is 192 g/mol. The van der Waals surface area contributed by atoms with Crippen LogP contribution in [0.5, 0.6) is 0 Å². The van der Waals surface area contributed by atoms with Gasteiger partial charge >= 0.3 is 0 Å². The van der Waals surface area contributed by atoms with Crippen LogP contribution < -0.4 is 5.32 Å². The number of dihydropyridines is 1. The summed E-state index contributed by atoms with van der Waals surface area (Å²) in [7, 11) is 0. The van der Waals surface area contributed by atoms with Crippen molar-refractivity contribution in [3.05, 3.63) is 34.4 Å². The van der Waals surface area contributed by atoms with Crippen molar-refractivity contribution in [3.8, 4) is 18.2 Å². The van der Waals surface area contributed by atoms with Gasteiger partial charge in [0.1, 0.15) is 18.2 Å². The molecule has 0 fully saturated rings. The van der Waals surface area contributed by atoms with E-state index in [1.807, 2.05) is 6.07 Å². The highest BCUT2D eigenvalue weighted by molar-refractivity contribution is 5.58. The molecule has 0 unspecified atom stereocenters. The molecule has 0 saturated heterocycles. The molecule has 0 amide bonds. The topological polar surface area (TPSA) is 104 Å². The van der Waals surface area contributed by atoms with Crippen LogP contribution >= 0.6 is 0 Å². The zero-order chi connectivity index (χ0) is 11.4. The van der Waals surface area contributed by atoms with E-state index in [1.165, 1.54) is 6.08 Å². The molecule has 0 aromatic rings. The minimum absolute atomic E-state index is 0.0556. The largest absolute Gasteiger partial charge is 0.495 e. The summed E-state index contributed by atoms with van der Waals surface area (Å²) in [6, 6.07) is 5.19. The maximum Gasteiger partial charge on any atom is 0.189 e. The van der Waals surface area contributed by atoms with Gasteiger partial charge in [0.05, 0.1) is 11.3 Å². The van der Waals surface area contributed by atoms with Crippen molar-refractivity contribution < 1.29 is 5.11 Å². The molecule has 0 bridgehead atoms. The Morgan fingerprint density at radius 2 is 1.93 bits per heavy atom. The first-order chi connectivity index (χ1) is 7.13. The third-order valence-electron chi connectivity index (χ3n) is 1.84. The van der Waals surface area contributed by atoms with Crippen LogP contribution in [0, 0.1) is 34.0 Å². The lowest BCUT2D eigenvalue weighted by molar-refractivity contribution is 0.376. The molecule has 5 nitrogen and oxygen atoms in total. The van der Waals surface area contributed by atoms with Gasteiger partial charge in [0, 0.05) is 6.08 Å². The number of nitrogens with zero attached hydrogens (tertiary/aromatic N) is 3. The summed E-state index contributed by atoms with van der Waals surface area (Å²) in [6.45, 7) is 1.61. The first-order valence-electron chi connectivity index (χ1n) is 3.97. The van der Waals surface area contributed by atoms with Crippen LogP contribution in [0.3, 0.4) is 0 Å². The smallest absolute Gasteiger partial charge is 0.189 e. The highest BCUT2D eigenvalue weighted by atomic mass is 16.3. The second-order valence-corrected chi connectivity index (χ2v) is 2.80. The maximum atomic E-state index is 9.26. The molecule has 0 aromatic carbocycles. The van der Waals surface area contributed by atoms with E-state index in [0.29, 0.717) is 5.57 Å². The van der Waals surface area contributed by atoms with Crippen LogP contribution in [-0.2, 0) is 0 Å². The lowest BCUT2D eigenvalue weighted by atomic mass is 10.0. The molecule has 0 aromatic heterocycles. The highest BCUT2D eigenvalue weighted by Gasteiger charge is 2.19. The van der Waals surface area contributed by atoms with Gasteiger partial charge < -0.3 is 10.4 Å². The van der Waals surface area contributed by atoms with Crippen LogP contribution in [-0.4, -0.2) is 5.11 Å². The van der Waals surface area contributed by atoms with Gasteiger partial charge in [0.15, 0.2) is 11.5 Å². The third kappa shape index (κ3) is 1.80. The van der Waals surface area contributed by atoms with Crippen LogP contribution in [0.25, 0.3) is 0 Å². The molecule has 2 N–H and O–H groups in total. The molecule has 0 spiro atoms. The van der Waals surface area contributed by atoms with E-state index in [0.717, 1.165) is 0 Å². The first kappa shape index (κ1) is 10.4. The van der Waals surface area contributed by atoms with E-state index in [2.05, 4.69) is 5.32 Å². The predicted molar refractivity (Wildman–Crippen MR) is 50.4 cm³/mol. The van der Waals surface area contributed by atoms with Crippen LogP contribution in [0.2, 0.25) is 0 Å². The van der Waals surface area contributed by atoms with Crippen molar-refractivity contribution >= 4 is 0 Å². The van der Waals surface area contributed by atoms with Gasteiger partial charge in [0.25, 0.3) is 0 Å². The quantitative estimate of drug-likeness (QED) is 0.568. The number of nitriles is 3. The fraction of sp³-hybridized carbons (Fsp3) is 0.100. The Morgan fingerprint density at radius 3 is 2.40 bits per heavy atom. The third-order valence-corrected chi connectivity index (χ3v) is 1.84. The minimum atomic E-state index is -0.231. The van der Waals surface area contributed by atoms with Gasteiger partial charge in [0.2, 0.25) is 0 Å². The average Bonchev–Trinajstić information content (AvgIpc) is 2.19. The molecule has 1 rings (SSSR count). The summed E-state index contributed by atoms with van der Waals surface area (Å²) in [6.07, 6.45) is 1.36. The number of aliphatic hydroxyl groups is 1. The molecule has 0 radical (unpaired) electrons. The number of nitrogens with one attached hydrogen (secondary N) is 1. The average molecular weight is 198 g/mol. The molecule has 1 heterocycles. The molecule has 0 aliphatic carbocycles. The van der Waals surface area contributed by atoms with Gasteiger partial charge in [-0.3, -0.25) is 0 Å². The number of hydrogen-bond donors (Lipinski definition) is 2. The Hall–Kier alpha value is -2.71. The van der Waals surface area contributed by atoms with Gasteiger partial charge in [-0.1, -0.05) is 0 Å². The standard InChI is InChI=1S/C10H6N4O/c1-6-2-9(15)14-10(8(6)5-13)7(3-11)4-12/h2,14-15H,1H3. The van der Waals surface area contributed by atoms with E-state index in [-0.39, 0.29) is 22.7 Å². The molecule has 0 atom stereocenters. The fourth-order valence-electron chi connectivity index (χ4n) is 1.17. The molecule has 15 heavy (non-hydrogen) atoms. The summed E-state index contributed by atoms with van der Waals surface area (Å²) in [4.78, 5) is 0. The molecule has 5 heteroatoms. The lowest BCUT2D eigenvalue weighted by Crippen LogP contribution is -2.20.